The number of rotatable bonds is 6. The molecule has 4 N–H and O–H groups in total. The molecule has 0 saturated carbocycles. The van der Waals surface area contributed by atoms with Crippen molar-refractivity contribution < 1.29 is 4.74 Å². The average molecular weight is 419 g/mol. The molecule has 4 rings (SSSR count). The Morgan fingerprint density at radius 3 is 2.81 bits per heavy atom. The normalized spacial score (nSPS) is 23.8. The van der Waals surface area contributed by atoms with Crippen LogP contribution in [0.3, 0.4) is 0 Å². The second-order valence-corrected chi connectivity index (χ2v) is 8.58. The molecule has 1 aromatic heterocycles. The van der Waals surface area contributed by atoms with Gasteiger partial charge in [0.2, 0.25) is 0 Å². The van der Waals surface area contributed by atoms with E-state index in [-0.39, 0.29) is 6.04 Å². The zero-order chi connectivity index (χ0) is 21.8. The molecule has 7 nitrogen and oxygen atoms in total. The van der Waals surface area contributed by atoms with Gasteiger partial charge < -0.3 is 26.1 Å². The second kappa shape index (κ2) is 8.89. The number of likely N-dealkylation sites (N-methyl/N-ethyl adjacent to an activating group) is 1. The number of ether oxygens (including phenoxy) is 1. The molecule has 1 saturated heterocycles. The van der Waals surface area contributed by atoms with Gasteiger partial charge in [-0.25, -0.2) is 9.97 Å². The fourth-order valence-electron chi connectivity index (χ4n) is 4.12. The maximum absolute atomic E-state index is 9.01. The highest BCUT2D eigenvalue weighted by atomic mass is 16.5. The van der Waals surface area contributed by atoms with Crippen molar-refractivity contribution >= 4 is 17.3 Å². The molecule has 2 unspecified atom stereocenters. The lowest BCUT2D eigenvalue weighted by Gasteiger charge is -2.33. The van der Waals surface area contributed by atoms with Crippen molar-refractivity contribution in [2.45, 2.75) is 32.2 Å². The van der Waals surface area contributed by atoms with E-state index < -0.39 is 5.41 Å². The Labute approximate surface area is 183 Å². The first-order valence-electron chi connectivity index (χ1n) is 10.7. The molecule has 0 amide bonds. The monoisotopic (exact) mass is 418 g/mol. The maximum atomic E-state index is 9.01. The van der Waals surface area contributed by atoms with Crippen LogP contribution in [0.25, 0.3) is 0 Å². The molecule has 0 bridgehead atoms. The van der Waals surface area contributed by atoms with Crippen LogP contribution in [0.1, 0.15) is 31.7 Å². The second-order valence-electron chi connectivity index (χ2n) is 8.58. The number of aromatic nitrogens is 2. The molecule has 2 heterocycles. The number of nitrogens with zero attached hydrogens (tertiary/aromatic N) is 3. The molecule has 0 radical (unpaired) electrons. The first-order valence-corrected chi connectivity index (χ1v) is 10.7. The van der Waals surface area contributed by atoms with Gasteiger partial charge in [0.25, 0.3) is 0 Å². The molecule has 1 fully saturated rings. The fraction of sp³-hybridized carbons (Fsp3) is 0.375. The Kier molecular flexibility index (Phi) is 6.04. The molecule has 1 aromatic carbocycles. The number of allylic oxidation sites excluding steroid dienone is 3. The zero-order valence-corrected chi connectivity index (χ0v) is 18.1. The largest absolute Gasteiger partial charge is 0.458 e. The van der Waals surface area contributed by atoms with E-state index >= 15 is 0 Å². The molecule has 162 valence electrons. The topological polar surface area (TPSA) is 100 Å². The van der Waals surface area contributed by atoms with Gasteiger partial charge in [0, 0.05) is 18.0 Å². The van der Waals surface area contributed by atoms with Crippen LogP contribution in [-0.4, -0.2) is 46.8 Å². The number of anilines is 2. The minimum absolute atomic E-state index is 0.278. The summed E-state index contributed by atoms with van der Waals surface area (Å²) in [6.45, 7) is 4.08. The Hall–Kier alpha value is -3.19. The molecule has 1 aliphatic heterocycles. The summed E-state index contributed by atoms with van der Waals surface area (Å²) in [7, 11) is 2.13. The van der Waals surface area contributed by atoms with Crippen molar-refractivity contribution in [3.8, 4) is 5.75 Å². The SMILES string of the molecule is CN1CCCC(Nc2ncnc(N)c2C(=N)C2(C)C=CC(Oc3ccccc3)=CC2)C1. The summed E-state index contributed by atoms with van der Waals surface area (Å²) in [6.07, 6.45) is 10.3. The van der Waals surface area contributed by atoms with E-state index in [2.05, 4.69) is 27.2 Å². The summed E-state index contributed by atoms with van der Waals surface area (Å²) < 4.78 is 5.93. The van der Waals surface area contributed by atoms with Crippen LogP contribution in [-0.2, 0) is 0 Å². The van der Waals surface area contributed by atoms with Crippen molar-refractivity contribution in [2.24, 2.45) is 5.41 Å². The Bertz CT molecular complexity index is 1000. The first kappa shape index (κ1) is 21.1. The molecule has 31 heavy (non-hydrogen) atoms. The summed E-state index contributed by atoms with van der Waals surface area (Å²) in [4.78, 5) is 10.9. The summed E-state index contributed by atoms with van der Waals surface area (Å²) in [5, 5.41) is 12.5. The van der Waals surface area contributed by atoms with E-state index in [9.17, 15) is 0 Å². The molecule has 0 spiro atoms. The van der Waals surface area contributed by atoms with Crippen LogP contribution in [0.2, 0.25) is 0 Å². The number of para-hydroxylation sites is 1. The first-order chi connectivity index (χ1) is 14.9. The van der Waals surface area contributed by atoms with Gasteiger partial charge in [-0.3, -0.25) is 0 Å². The highest BCUT2D eigenvalue weighted by Crippen LogP contribution is 2.36. The molecule has 7 heteroatoms. The molecule has 2 aliphatic rings. The van der Waals surface area contributed by atoms with Crippen LogP contribution in [0.15, 0.2) is 60.6 Å². The van der Waals surface area contributed by atoms with Gasteiger partial charge in [0.1, 0.15) is 29.5 Å². The van der Waals surface area contributed by atoms with Crippen LogP contribution in [0.5, 0.6) is 5.75 Å². The van der Waals surface area contributed by atoms with Crippen LogP contribution >= 0.6 is 0 Å². The molecule has 1 aliphatic carbocycles. The van der Waals surface area contributed by atoms with Gasteiger partial charge in [0.15, 0.2) is 0 Å². The van der Waals surface area contributed by atoms with Crippen molar-refractivity contribution in [3.63, 3.8) is 0 Å². The van der Waals surface area contributed by atoms with E-state index in [1.807, 2.05) is 55.5 Å². The van der Waals surface area contributed by atoms with E-state index in [0.717, 1.165) is 37.4 Å². The Morgan fingerprint density at radius 2 is 2.10 bits per heavy atom. The molecule has 2 aromatic rings. The lowest BCUT2D eigenvalue weighted by Crippen LogP contribution is -2.40. The third-order valence-corrected chi connectivity index (χ3v) is 5.98. The van der Waals surface area contributed by atoms with Crippen molar-refractivity contribution in [2.75, 3.05) is 31.2 Å². The highest BCUT2D eigenvalue weighted by Gasteiger charge is 2.33. The van der Waals surface area contributed by atoms with Gasteiger partial charge >= 0.3 is 0 Å². The minimum Gasteiger partial charge on any atom is -0.458 e. The quantitative estimate of drug-likeness (QED) is 0.616. The van der Waals surface area contributed by atoms with E-state index in [0.29, 0.717) is 29.3 Å². The van der Waals surface area contributed by atoms with Crippen LogP contribution < -0.4 is 15.8 Å². The predicted molar refractivity (Wildman–Crippen MR) is 124 cm³/mol. The fourth-order valence-corrected chi connectivity index (χ4v) is 4.12. The summed E-state index contributed by atoms with van der Waals surface area (Å²) in [5.41, 5.74) is 6.71. The lowest BCUT2D eigenvalue weighted by atomic mass is 9.76. The van der Waals surface area contributed by atoms with Gasteiger partial charge in [0.05, 0.1) is 11.3 Å². The van der Waals surface area contributed by atoms with Gasteiger partial charge in [-0.15, -0.1) is 0 Å². The third-order valence-electron chi connectivity index (χ3n) is 5.98. The lowest BCUT2D eigenvalue weighted by molar-refractivity contribution is 0.260. The summed E-state index contributed by atoms with van der Waals surface area (Å²) in [5.74, 6) is 2.54. The number of nitrogens with one attached hydrogen (secondary N) is 2. The minimum atomic E-state index is -0.526. The van der Waals surface area contributed by atoms with E-state index in [4.69, 9.17) is 15.9 Å². The highest BCUT2D eigenvalue weighted by molar-refractivity contribution is 6.10. The molecule has 2 atom stereocenters. The number of hydrogen-bond acceptors (Lipinski definition) is 7. The number of hydrogen-bond donors (Lipinski definition) is 3. The van der Waals surface area contributed by atoms with Crippen molar-refractivity contribution in [1.82, 2.24) is 14.9 Å². The third kappa shape index (κ3) is 4.77. The maximum Gasteiger partial charge on any atom is 0.140 e. The number of nitrogens with two attached hydrogens (primary N) is 1. The summed E-state index contributed by atoms with van der Waals surface area (Å²) in [6, 6.07) is 9.97. The Balaban J connectivity index is 1.52. The van der Waals surface area contributed by atoms with E-state index in [1.165, 1.54) is 6.33 Å². The van der Waals surface area contributed by atoms with Gasteiger partial charge in [-0.05, 0) is 57.1 Å². The number of piperidine rings is 1. The van der Waals surface area contributed by atoms with Crippen molar-refractivity contribution in [3.05, 3.63) is 66.2 Å². The molecular weight excluding hydrogens is 388 g/mol. The van der Waals surface area contributed by atoms with E-state index in [1.54, 1.807) is 0 Å². The average Bonchev–Trinajstić information content (AvgIpc) is 2.76. The zero-order valence-electron chi connectivity index (χ0n) is 18.1. The summed E-state index contributed by atoms with van der Waals surface area (Å²) >= 11 is 0. The van der Waals surface area contributed by atoms with Gasteiger partial charge in [-0.2, -0.15) is 0 Å². The number of likely N-dealkylation sites (tertiary alicyclic amines) is 1. The van der Waals surface area contributed by atoms with Crippen molar-refractivity contribution in [1.29, 1.82) is 5.41 Å². The number of nitrogen functional groups attached to an aromatic ring is 1. The smallest absolute Gasteiger partial charge is 0.140 e. The van der Waals surface area contributed by atoms with Crippen LogP contribution in [0, 0.1) is 10.8 Å². The Morgan fingerprint density at radius 1 is 1.29 bits per heavy atom. The van der Waals surface area contributed by atoms with Gasteiger partial charge in [-0.1, -0.05) is 31.2 Å². The molecular formula is C24H30N6O. The standard InChI is InChI=1S/C24H30N6O/c1-24(12-10-19(11-13-24)31-18-8-4-3-5-9-18)21(25)20-22(26)27-16-28-23(20)29-17-7-6-14-30(2)15-17/h3-5,8-12,16-17,25H,6-7,13-15H2,1-2H3,(H3,26,27,28,29). The van der Waals surface area contributed by atoms with Crippen LogP contribution in [0.4, 0.5) is 11.6 Å². The number of benzene rings is 1. The predicted octanol–water partition coefficient (Wildman–Crippen LogP) is 3.86.